The average Bonchev–Trinajstić information content (AvgIpc) is 2.97. The summed E-state index contributed by atoms with van der Waals surface area (Å²) in [5.74, 6) is 1.30. The highest BCUT2D eigenvalue weighted by Gasteiger charge is 2.25. The first-order valence-electron chi connectivity index (χ1n) is 13.1. The number of carbonyl (C=O) groups excluding carboxylic acids is 2. The molecule has 0 spiro atoms. The van der Waals surface area contributed by atoms with Crippen molar-refractivity contribution in [3.05, 3.63) is 113 Å². The fourth-order valence-electron chi connectivity index (χ4n) is 4.10. The number of halogens is 1. The van der Waals surface area contributed by atoms with E-state index in [0.717, 1.165) is 32.7 Å². The third-order valence-electron chi connectivity index (χ3n) is 6.11. The number of benzene rings is 4. The van der Waals surface area contributed by atoms with Crippen LogP contribution in [0.25, 0.3) is 11.1 Å². The van der Waals surface area contributed by atoms with E-state index < -0.39 is 17.9 Å². The van der Waals surface area contributed by atoms with Crippen LogP contribution >= 0.6 is 15.9 Å². The molecule has 1 N–H and O–H groups in total. The fraction of sp³-hybridized carbons (Fsp3) is 0.212. The molecular weight excluding hydrogens is 570 g/mol. The Bertz CT molecular complexity index is 1440. The maximum Gasteiger partial charge on any atom is 0.328 e. The van der Waals surface area contributed by atoms with Gasteiger partial charge in [0.15, 0.2) is 0 Å². The van der Waals surface area contributed by atoms with Crippen molar-refractivity contribution < 1.29 is 23.8 Å². The summed E-state index contributed by atoms with van der Waals surface area (Å²) < 4.78 is 17.7. The highest BCUT2D eigenvalue weighted by atomic mass is 79.9. The Morgan fingerprint density at radius 3 is 2.25 bits per heavy atom. The monoisotopic (exact) mass is 601 g/mol. The zero-order valence-corrected chi connectivity index (χ0v) is 24.3. The van der Waals surface area contributed by atoms with Crippen LogP contribution < -0.4 is 14.8 Å². The average molecular weight is 603 g/mol. The van der Waals surface area contributed by atoms with E-state index in [2.05, 4.69) is 21.2 Å². The lowest BCUT2D eigenvalue weighted by Gasteiger charge is -2.19. The quantitative estimate of drug-likeness (QED) is 0.181. The maximum absolute atomic E-state index is 13.3. The molecular formula is C33H32BrNO5. The number of methoxy groups -OCH3 is 1. The Hall–Kier alpha value is -4.10. The van der Waals surface area contributed by atoms with E-state index in [9.17, 15) is 9.59 Å². The number of rotatable bonds is 11. The second-order valence-corrected chi connectivity index (χ2v) is 10.6. The number of hydrogen-bond donors (Lipinski definition) is 1. The van der Waals surface area contributed by atoms with Crippen LogP contribution in [0.3, 0.4) is 0 Å². The first kappa shape index (κ1) is 28.9. The molecule has 4 aromatic carbocycles. The Balaban J connectivity index is 1.51. The van der Waals surface area contributed by atoms with Gasteiger partial charge in [0.2, 0.25) is 0 Å². The first-order valence-corrected chi connectivity index (χ1v) is 13.9. The van der Waals surface area contributed by atoms with Gasteiger partial charge < -0.3 is 19.5 Å². The predicted molar refractivity (Wildman–Crippen MR) is 160 cm³/mol. The lowest BCUT2D eigenvalue weighted by atomic mass is 9.99. The highest BCUT2D eigenvalue weighted by Crippen LogP contribution is 2.33. The lowest BCUT2D eigenvalue weighted by Crippen LogP contribution is -2.43. The van der Waals surface area contributed by atoms with Gasteiger partial charge in [0.25, 0.3) is 5.91 Å². The van der Waals surface area contributed by atoms with Gasteiger partial charge in [0.05, 0.1) is 19.3 Å². The standard InChI is InChI=1S/C33H32BrNO5/c1-22(2)21-39-30-18-17-25(34)20-28(30)32(36)35-29(33(37)38-3)19-23-13-15-24(16-14-23)27-11-7-8-12-31(27)40-26-9-5-4-6-10-26/h4-18,20,22,29H,19,21H2,1-3H3,(H,35,36)/t29-/m0/s1. The molecule has 1 amide bonds. The summed E-state index contributed by atoms with van der Waals surface area (Å²) in [7, 11) is 1.31. The van der Waals surface area contributed by atoms with E-state index in [1.54, 1.807) is 12.1 Å². The third-order valence-corrected chi connectivity index (χ3v) is 6.61. The van der Waals surface area contributed by atoms with Crippen LogP contribution in [0.5, 0.6) is 17.2 Å². The third kappa shape index (κ3) is 7.73. The highest BCUT2D eigenvalue weighted by molar-refractivity contribution is 9.10. The van der Waals surface area contributed by atoms with Crippen molar-refractivity contribution in [3.8, 4) is 28.4 Å². The molecule has 0 aliphatic heterocycles. The molecule has 0 unspecified atom stereocenters. The van der Waals surface area contributed by atoms with Crippen molar-refractivity contribution in [2.45, 2.75) is 26.3 Å². The minimum atomic E-state index is -0.881. The van der Waals surface area contributed by atoms with Crippen LogP contribution in [-0.4, -0.2) is 31.6 Å². The van der Waals surface area contributed by atoms with E-state index in [1.807, 2.05) is 98.8 Å². The topological polar surface area (TPSA) is 73.9 Å². The Kier molecular flexibility index (Phi) is 9.97. The van der Waals surface area contributed by atoms with Gasteiger partial charge in [-0.15, -0.1) is 0 Å². The summed E-state index contributed by atoms with van der Waals surface area (Å²) in [6.45, 7) is 4.53. The molecule has 1 atom stereocenters. The fourth-order valence-corrected chi connectivity index (χ4v) is 4.46. The number of hydrogen-bond acceptors (Lipinski definition) is 5. The number of amides is 1. The van der Waals surface area contributed by atoms with Crippen LogP contribution in [0.2, 0.25) is 0 Å². The number of carbonyl (C=O) groups is 2. The zero-order chi connectivity index (χ0) is 28.5. The lowest BCUT2D eigenvalue weighted by molar-refractivity contribution is -0.142. The van der Waals surface area contributed by atoms with Gasteiger partial charge >= 0.3 is 5.97 Å². The molecule has 0 saturated carbocycles. The summed E-state index contributed by atoms with van der Waals surface area (Å²) in [5, 5.41) is 2.84. The largest absolute Gasteiger partial charge is 0.492 e. The van der Waals surface area contributed by atoms with Crippen LogP contribution in [0, 0.1) is 5.92 Å². The van der Waals surface area contributed by atoms with Gasteiger partial charge in [-0.2, -0.15) is 0 Å². The zero-order valence-electron chi connectivity index (χ0n) is 22.7. The van der Waals surface area contributed by atoms with Gasteiger partial charge in [-0.25, -0.2) is 4.79 Å². The van der Waals surface area contributed by atoms with E-state index in [0.29, 0.717) is 23.8 Å². The van der Waals surface area contributed by atoms with Crippen molar-refractivity contribution >= 4 is 27.8 Å². The molecule has 0 aliphatic rings. The number of esters is 1. The van der Waals surface area contributed by atoms with Crippen LogP contribution in [0.1, 0.15) is 29.8 Å². The molecule has 40 heavy (non-hydrogen) atoms. The Morgan fingerprint density at radius 1 is 0.850 bits per heavy atom. The first-order chi connectivity index (χ1) is 19.3. The van der Waals surface area contributed by atoms with Crippen molar-refractivity contribution in [3.63, 3.8) is 0 Å². The summed E-state index contributed by atoms with van der Waals surface area (Å²) >= 11 is 3.42. The number of nitrogens with one attached hydrogen (secondary N) is 1. The molecule has 0 heterocycles. The molecule has 0 bridgehead atoms. The molecule has 0 aliphatic carbocycles. The van der Waals surface area contributed by atoms with Crippen LogP contribution in [-0.2, 0) is 16.0 Å². The van der Waals surface area contributed by atoms with E-state index >= 15 is 0 Å². The SMILES string of the molecule is COC(=O)[C@H](Cc1ccc(-c2ccccc2Oc2ccccc2)cc1)NC(=O)c1cc(Br)ccc1OCC(C)C. The van der Waals surface area contributed by atoms with Crippen molar-refractivity contribution in [2.24, 2.45) is 5.92 Å². The van der Waals surface area contributed by atoms with Crippen molar-refractivity contribution in [2.75, 3.05) is 13.7 Å². The molecule has 206 valence electrons. The molecule has 0 saturated heterocycles. The Labute approximate surface area is 243 Å². The minimum absolute atomic E-state index is 0.261. The molecule has 7 heteroatoms. The van der Waals surface area contributed by atoms with E-state index in [-0.39, 0.29) is 6.42 Å². The minimum Gasteiger partial charge on any atom is -0.492 e. The van der Waals surface area contributed by atoms with Crippen LogP contribution in [0.4, 0.5) is 0 Å². The molecule has 0 aromatic heterocycles. The summed E-state index contributed by atoms with van der Waals surface area (Å²) in [5.41, 5.74) is 3.12. The summed E-state index contributed by atoms with van der Waals surface area (Å²) in [6, 6.07) is 29.6. The molecule has 0 radical (unpaired) electrons. The van der Waals surface area contributed by atoms with Gasteiger partial charge in [-0.05, 0) is 53.4 Å². The van der Waals surface area contributed by atoms with Gasteiger partial charge in [0.1, 0.15) is 23.3 Å². The summed E-state index contributed by atoms with van der Waals surface area (Å²) in [4.78, 5) is 25.9. The predicted octanol–water partition coefficient (Wildman–Crippen LogP) is 7.46. The summed E-state index contributed by atoms with van der Waals surface area (Å²) in [6.07, 6.45) is 0.261. The number of para-hydroxylation sites is 2. The Morgan fingerprint density at radius 2 is 1.55 bits per heavy atom. The number of ether oxygens (including phenoxy) is 3. The molecule has 4 rings (SSSR count). The van der Waals surface area contributed by atoms with Gasteiger partial charge in [0, 0.05) is 16.5 Å². The van der Waals surface area contributed by atoms with Crippen molar-refractivity contribution in [1.82, 2.24) is 5.32 Å². The van der Waals surface area contributed by atoms with Gasteiger partial charge in [-0.3, -0.25) is 4.79 Å². The second kappa shape index (κ2) is 13.8. The van der Waals surface area contributed by atoms with Gasteiger partial charge in [-0.1, -0.05) is 90.4 Å². The van der Waals surface area contributed by atoms with Crippen LogP contribution in [0.15, 0.2) is 102 Å². The maximum atomic E-state index is 13.3. The molecule has 0 fully saturated rings. The normalized spacial score (nSPS) is 11.5. The van der Waals surface area contributed by atoms with E-state index in [4.69, 9.17) is 14.2 Å². The second-order valence-electron chi connectivity index (χ2n) is 9.71. The molecule has 6 nitrogen and oxygen atoms in total. The van der Waals surface area contributed by atoms with E-state index in [1.165, 1.54) is 7.11 Å². The molecule has 4 aromatic rings. The smallest absolute Gasteiger partial charge is 0.328 e. The van der Waals surface area contributed by atoms with Crippen molar-refractivity contribution in [1.29, 1.82) is 0 Å².